The second kappa shape index (κ2) is 9.75. The molecule has 0 atom stereocenters. The molecule has 0 saturated heterocycles. The number of anilines is 1. The van der Waals surface area contributed by atoms with Gasteiger partial charge in [0.2, 0.25) is 0 Å². The number of hydrogen-bond acceptors (Lipinski definition) is 1. The molecule has 3 rings (SSSR count). The Hall–Kier alpha value is -1.07. The molecule has 2 nitrogen and oxygen atoms in total. The van der Waals surface area contributed by atoms with Crippen LogP contribution in [0.2, 0.25) is 0 Å². The molecular formula is C23H33IN2. The quantitative estimate of drug-likeness (QED) is 0.424. The summed E-state index contributed by atoms with van der Waals surface area (Å²) in [4.78, 5) is 2.66. The molecule has 26 heavy (non-hydrogen) atoms. The van der Waals surface area contributed by atoms with E-state index in [2.05, 4.69) is 80.4 Å². The Morgan fingerprint density at radius 2 is 1.42 bits per heavy atom. The predicted molar refractivity (Wildman–Crippen MR) is 108 cm³/mol. The molecule has 1 aliphatic carbocycles. The summed E-state index contributed by atoms with van der Waals surface area (Å²) >= 11 is 0. The molecule has 0 fully saturated rings. The van der Waals surface area contributed by atoms with Crippen molar-refractivity contribution < 1.29 is 28.5 Å². The highest BCUT2D eigenvalue weighted by Crippen LogP contribution is 2.29. The molecule has 3 heteroatoms. The van der Waals surface area contributed by atoms with E-state index in [-0.39, 0.29) is 24.0 Å². The summed E-state index contributed by atoms with van der Waals surface area (Å²) < 4.78 is 1.17. The molecule has 0 N–H and O–H groups in total. The zero-order valence-electron chi connectivity index (χ0n) is 16.5. The van der Waals surface area contributed by atoms with Crippen molar-refractivity contribution in [1.29, 1.82) is 0 Å². The van der Waals surface area contributed by atoms with Crippen molar-refractivity contribution in [2.75, 3.05) is 38.1 Å². The number of hydrogen-bond donors (Lipinski definition) is 0. The monoisotopic (exact) mass is 464 g/mol. The van der Waals surface area contributed by atoms with Crippen molar-refractivity contribution in [2.45, 2.75) is 39.2 Å². The molecule has 0 amide bonds. The standard InChI is InChI=1S/C23H33N2.HI/c1-4-25(3,5-2)17-11-16-24(22-14-7-6-8-15-22)23-18-20-12-9-10-13-21(20)19-23;/h6-10,12-15,23H,4-5,11,16-19H2,1-3H3;1H/q+1;/p-1. The predicted octanol–water partition coefficient (Wildman–Crippen LogP) is 1.54. The van der Waals surface area contributed by atoms with E-state index < -0.39 is 0 Å². The molecule has 0 aliphatic heterocycles. The van der Waals surface area contributed by atoms with E-state index in [0.717, 1.165) is 6.54 Å². The average molecular weight is 464 g/mol. The van der Waals surface area contributed by atoms with E-state index in [9.17, 15) is 0 Å². The van der Waals surface area contributed by atoms with Gasteiger partial charge < -0.3 is 33.4 Å². The fourth-order valence-electron chi connectivity index (χ4n) is 4.06. The van der Waals surface area contributed by atoms with Gasteiger partial charge in [0.15, 0.2) is 0 Å². The third kappa shape index (κ3) is 5.01. The van der Waals surface area contributed by atoms with Crippen molar-refractivity contribution in [3.63, 3.8) is 0 Å². The Morgan fingerprint density at radius 1 is 0.885 bits per heavy atom. The van der Waals surface area contributed by atoms with Crippen LogP contribution in [0, 0.1) is 0 Å². The first-order chi connectivity index (χ1) is 12.1. The van der Waals surface area contributed by atoms with Crippen LogP contribution >= 0.6 is 0 Å². The molecule has 0 radical (unpaired) electrons. The molecule has 0 bridgehead atoms. The van der Waals surface area contributed by atoms with Gasteiger partial charge in [-0.05, 0) is 49.9 Å². The third-order valence-corrected chi connectivity index (χ3v) is 6.18. The van der Waals surface area contributed by atoms with Crippen LogP contribution in [-0.2, 0) is 12.8 Å². The molecule has 0 aromatic heterocycles. The molecule has 142 valence electrons. The number of para-hydroxylation sites is 1. The van der Waals surface area contributed by atoms with Gasteiger partial charge in [-0.3, -0.25) is 0 Å². The van der Waals surface area contributed by atoms with Crippen LogP contribution in [0.1, 0.15) is 31.4 Å². The highest BCUT2D eigenvalue weighted by Gasteiger charge is 2.27. The van der Waals surface area contributed by atoms with Crippen molar-refractivity contribution in [3.8, 4) is 0 Å². The highest BCUT2D eigenvalue weighted by molar-refractivity contribution is 5.49. The van der Waals surface area contributed by atoms with Gasteiger partial charge in [-0.15, -0.1) is 0 Å². The summed E-state index contributed by atoms with van der Waals surface area (Å²) in [5.41, 5.74) is 4.45. The molecule has 2 aromatic rings. The number of nitrogens with zero attached hydrogens (tertiary/aromatic N) is 2. The Bertz CT molecular complexity index is 642. The minimum atomic E-state index is 0. The molecule has 2 aromatic carbocycles. The third-order valence-electron chi connectivity index (χ3n) is 6.18. The normalized spacial score (nSPS) is 14.0. The summed E-state index contributed by atoms with van der Waals surface area (Å²) in [5, 5.41) is 0. The van der Waals surface area contributed by atoms with Crippen LogP contribution in [0.15, 0.2) is 54.6 Å². The van der Waals surface area contributed by atoms with Gasteiger partial charge in [-0.2, -0.15) is 0 Å². The second-order valence-corrected chi connectivity index (χ2v) is 7.69. The van der Waals surface area contributed by atoms with Crippen LogP contribution in [0.25, 0.3) is 0 Å². The zero-order valence-corrected chi connectivity index (χ0v) is 18.7. The lowest BCUT2D eigenvalue weighted by atomic mass is 10.1. The maximum atomic E-state index is 2.66. The number of fused-ring (bicyclic) bond motifs is 1. The van der Waals surface area contributed by atoms with Gasteiger partial charge in [0.25, 0.3) is 0 Å². The van der Waals surface area contributed by atoms with Crippen LogP contribution in [0.5, 0.6) is 0 Å². The van der Waals surface area contributed by atoms with E-state index >= 15 is 0 Å². The summed E-state index contributed by atoms with van der Waals surface area (Å²) in [5.74, 6) is 0. The Labute approximate surface area is 176 Å². The fourth-order valence-corrected chi connectivity index (χ4v) is 4.06. The van der Waals surface area contributed by atoms with Gasteiger partial charge in [0.1, 0.15) is 0 Å². The molecular weight excluding hydrogens is 431 g/mol. The smallest absolute Gasteiger partial charge is 0.0801 e. The van der Waals surface area contributed by atoms with E-state index in [1.54, 1.807) is 0 Å². The molecule has 1 aliphatic rings. The lowest BCUT2D eigenvalue weighted by molar-refractivity contribution is -0.906. The maximum absolute atomic E-state index is 2.66. The first-order valence-electron chi connectivity index (χ1n) is 9.87. The molecule has 0 saturated carbocycles. The van der Waals surface area contributed by atoms with Gasteiger partial charge in [-0.25, -0.2) is 0 Å². The van der Waals surface area contributed by atoms with Crippen molar-refractivity contribution in [1.82, 2.24) is 0 Å². The molecule has 0 unspecified atom stereocenters. The lowest BCUT2D eigenvalue weighted by Crippen LogP contribution is -3.00. The molecule has 0 heterocycles. The summed E-state index contributed by atoms with van der Waals surface area (Å²) in [6.45, 7) is 9.47. The second-order valence-electron chi connectivity index (χ2n) is 7.69. The maximum Gasteiger partial charge on any atom is 0.0801 e. The van der Waals surface area contributed by atoms with Crippen molar-refractivity contribution >= 4 is 5.69 Å². The van der Waals surface area contributed by atoms with E-state index in [0.29, 0.717) is 6.04 Å². The molecule has 0 spiro atoms. The fraction of sp³-hybridized carbons (Fsp3) is 0.478. The minimum Gasteiger partial charge on any atom is -1.00 e. The average Bonchev–Trinajstić information content (AvgIpc) is 3.09. The van der Waals surface area contributed by atoms with Crippen molar-refractivity contribution in [3.05, 3.63) is 65.7 Å². The minimum absolute atomic E-state index is 0. The topological polar surface area (TPSA) is 3.24 Å². The number of benzene rings is 2. The van der Waals surface area contributed by atoms with Crippen LogP contribution in [0.4, 0.5) is 5.69 Å². The van der Waals surface area contributed by atoms with Crippen molar-refractivity contribution in [2.24, 2.45) is 0 Å². The lowest BCUT2D eigenvalue weighted by Gasteiger charge is -2.35. The van der Waals surface area contributed by atoms with Crippen LogP contribution in [-0.4, -0.2) is 43.8 Å². The number of halogens is 1. The van der Waals surface area contributed by atoms with Crippen LogP contribution < -0.4 is 28.9 Å². The summed E-state index contributed by atoms with van der Waals surface area (Å²) in [7, 11) is 2.39. The SMILES string of the molecule is CC[N+](C)(CC)CCCN(c1ccccc1)C1Cc2ccccc2C1.[I-]. The highest BCUT2D eigenvalue weighted by atomic mass is 127. The Balaban J connectivity index is 0.00000243. The van der Waals surface area contributed by atoms with Crippen LogP contribution in [0.3, 0.4) is 0 Å². The van der Waals surface area contributed by atoms with Gasteiger partial charge >= 0.3 is 0 Å². The van der Waals surface area contributed by atoms with Gasteiger partial charge in [-0.1, -0.05) is 42.5 Å². The Kier molecular flexibility index (Phi) is 7.96. The number of rotatable bonds is 8. The largest absolute Gasteiger partial charge is 1.00 e. The van der Waals surface area contributed by atoms with E-state index in [1.807, 2.05) is 0 Å². The first-order valence-corrected chi connectivity index (χ1v) is 9.87. The van der Waals surface area contributed by atoms with E-state index in [1.165, 1.54) is 60.2 Å². The van der Waals surface area contributed by atoms with Gasteiger partial charge in [0, 0.05) is 24.7 Å². The Morgan fingerprint density at radius 3 is 1.96 bits per heavy atom. The first kappa shape index (κ1) is 21.2. The van der Waals surface area contributed by atoms with Gasteiger partial charge in [0.05, 0.1) is 26.7 Å². The summed E-state index contributed by atoms with van der Waals surface area (Å²) in [6, 6.07) is 20.6. The summed E-state index contributed by atoms with van der Waals surface area (Å²) in [6.07, 6.45) is 3.61. The zero-order chi connectivity index (χ0) is 17.7. The van der Waals surface area contributed by atoms with E-state index in [4.69, 9.17) is 0 Å². The number of quaternary nitrogens is 1.